The number of piperidine rings is 1. The molecule has 108 valence electrons. The van der Waals surface area contributed by atoms with Gasteiger partial charge in [0.1, 0.15) is 0 Å². The molecule has 0 spiro atoms. The fraction of sp³-hybridized carbons (Fsp3) is 1.00. The normalized spacial score (nSPS) is 20.5. The molecule has 18 heavy (non-hydrogen) atoms. The van der Waals surface area contributed by atoms with Gasteiger partial charge in [0.25, 0.3) is 0 Å². The minimum atomic E-state index is 0.630. The number of nitrogens with zero attached hydrogens (tertiary/aromatic N) is 1. The first kappa shape index (κ1) is 16.0. The maximum Gasteiger partial charge on any atom is 0.00674 e. The highest BCUT2D eigenvalue weighted by atomic mass is 15.2. The molecule has 0 aromatic carbocycles. The van der Waals surface area contributed by atoms with Gasteiger partial charge in [0.05, 0.1) is 0 Å². The van der Waals surface area contributed by atoms with Crippen molar-refractivity contribution in [1.82, 2.24) is 10.2 Å². The van der Waals surface area contributed by atoms with Crippen molar-refractivity contribution >= 4 is 0 Å². The van der Waals surface area contributed by atoms with Gasteiger partial charge in [-0.25, -0.2) is 0 Å². The number of nitrogens with one attached hydrogen (secondary N) is 1. The van der Waals surface area contributed by atoms with E-state index in [1.807, 2.05) is 0 Å². The van der Waals surface area contributed by atoms with Crippen molar-refractivity contribution in [2.45, 2.75) is 78.3 Å². The Balaban J connectivity index is 2.10. The van der Waals surface area contributed by atoms with Crippen LogP contribution in [0.15, 0.2) is 0 Å². The molecule has 0 saturated carbocycles. The lowest BCUT2D eigenvalue weighted by atomic mass is 9.91. The first-order chi connectivity index (χ1) is 8.63. The van der Waals surface area contributed by atoms with Crippen LogP contribution in [0.25, 0.3) is 0 Å². The van der Waals surface area contributed by atoms with Gasteiger partial charge in [-0.3, -0.25) is 0 Å². The second-order valence-corrected chi connectivity index (χ2v) is 6.37. The molecule has 2 heteroatoms. The Labute approximate surface area is 115 Å². The number of likely N-dealkylation sites (tertiary alicyclic amines) is 1. The maximum absolute atomic E-state index is 3.51. The molecular weight excluding hydrogens is 220 g/mol. The Bertz CT molecular complexity index is 195. The summed E-state index contributed by atoms with van der Waals surface area (Å²) >= 11 is 0. The third-order valence-corrected chi connectivity index (χ3v) is 4.32. The number of hydrogen-bond donors (Lipinski definition) is 1. The van der Waals surface area contributed by atoms with Crippen molar-refractivity contribution < 1.29 is 0 Å². The lowest BCUT2D eigenvalue weighted by Crippen LogP contribution is -2.40. The van der Waals surface area contributed by atoms with E-state index in [9.17, 15) is 0 Å². The van der Waals surface area contributed by atoms with Crippen LogP contribution in [0.2, 0.25) is 0 Å². The molecule has 2 nitrogen and oxygen atoms in total. The van der Waals surface area contributed by atoms with E-state index in [2.05, 4.69) is 37.9 Å². The highest BCUT2D eigenvalue weighted by Gasteiger charge is 2.21. The molecule has 1 atom stereocenters. The summed E-state index contributed by atoms with van der Waals surface area (Å²) in [6, 6.07) is 1.41. The van der Waals surface area contributed by atoms with Gasteiger partial charge in [-0.05, 0) is 58.2 Å². The first-order valence-corrected chi connectivity index (χ1v) is 8.11. The molecule has 1 aliphatic rings. The Kier molecular flexibility index (Phi) is 7.92. The van der Waals surface area contributed by atoms with Crippen molar-refractivity contribution in [2.24, 2.45) is 5.92 Å². The van der Waals surface area contributed by atoms with Crippen LogP contribution in [0.4, 0.5) is 0 Å². The van der Waals surface area contributed by atoms with Crippen LogP contribution in [0.3, 0.4) is 0 Å². The lowest BCUT2D eigenvalue weighted by Gasteiger charge is -2.36. The predicted molar refractivity (Wildman–Crippen MR) is 81.0 cm³/mol. The highest BCUT2D eigenvalue weighted by molar-refractivity contribution is 4.76. The molecule has 1 rings (SSSR count). The van der Waals surface area contributed by atoms with Crippen LogP contribution < -0.4 is 5.32 Å². The van der Waals surface area contributed by atoms with Crippen LogP contribution in [0.5, 0.6) is 0 Å². The summed E-state index contributed by atoms with van der Waals surface area (Å²) in [6.07, 6.45) is 8.33. The topological polar surface area (TPSA) is 15.3 Å². The van der Waals surface area contributed by atoms with Crippen molar-refractivity contribution in [3.63, 3.8) is 0 Å². The van der Waals surface area contributed by atoms with E-state index in [1.54, 1.807) is 0 Å². The van der Waals surface area contributed by atoms with Gasteiger partial charge in [-0.2, -0.15) is 0 Å². The third-order valence-electron chi connectivity index (χ3n) is 4.32. The van der Waals surface area contributed by atoms with Crippen LogP contribution in [0.1, 0.15) is 66.2 Å². The second-order valence-electron chi connectivity index (χ2n) is 6.37. The van der Waals surface area contributed by atoms with Crippen LogP contribution in [-0.4, -0.2) is 36.6 Å². The lowest BCUT2D eigenvalue weighted by molar-refractivity contribution is 0.130. The van der Waals surface area contributed by atoms with E-state index < -0.39 is 0 Å². The third kappa shape index (κ3) is 6.19. The zero-order valence-corrected chi connectivity index (χ0v) is 13.0. The number of rotatable bonds is 8. The molecule has 0 aromatic rings. The van der Waals surface area contributed by atoms with E-state index in [0.29, 0.717) is 6.04 Å². The molecule has 0 amide bonds. The molecule has 1 aliphatic heterocycles. The Morgan fingerprint density at radius 3 is 2.39 bits per heavy atom. The summed E-state index contributed by atoms with van der Waals surface area (Å²) in [5.74, 6) is 1.01. The van der Waals surface area contributed by atoms with Gasteiger partial charge in [0.2, 0.25) is 0 Å². The summed E-state index contributed by atoms with van der Waals surface area (Å²) in [6.45, 7) is 13.0. The maximum atomic E-state index is 3.51. The zero-order valence-electron chi connectivity index (χ0n) is 13.0. The van der Waals surface area contributed by atoms with Gasteiger partial charge in [0.15, 0.2) is 0 Å². The summed E-state index contributed by atoms with van der Waals surface area (Å²) in [5.41, 5.74) is 0. The van der Waals surface area contributed by atoms with Gasteiger partial charge < -0.3 is 10.2 Å². The first-order valence-electron chi connectivity index (χ1n) is 8.11. The molecule has 0 bridgehead atoms. The highest BCUT2D eigenvalue weighted by Crippen LogP contribution is 2.23. The minimum absolute atomic E-state index is 0.630. The average Bonchev–Trinajstić information content (AvgIpc) is 2.35. The van der Waals surface area contributed by atoms with Gasteiger partial charge >= 0.3 is 0 Å². The fourth-order valence-electron chi connectivity index (χ4n) is 3.06. The SMILES string of the molecule is CCCC1CCN(C(C)CCCNC(C)C)CC1. The van der Waals surface area contributed by atoms with Crippen LogP contribution in [0, 0.1) is 5.92 Å². The van der Waals surface area contributed by atoms with E-state index >= 15 is 0 Å². The molecule has 0 aromatic heterocycles. The molecular formula is C16H34N2. The van der Waals surface area contributed by atoms with Crippen LogP contribution >= 0.6 is 0 Å². The monoisotopic (exact) mass is 254 g/mol. The number of hydrogen-bond acceptors (Lipinski definition) is 2. The van der Waals surface area contributed by atoms with E-state index in [0.717, 1.165) is 12.0 Å². The van der Waals surface area contributed by atoms with Crippen molar-refractivity contribution in [3.8, 4) is 0 Å². The van der Waals surface area contributed by atoms with Gasteiger partial charge in [-0.15, -0.1) is 0 Å². The van der Waals surface area contributed by atoms with E-state index in [4.69, 9.17) is 0 Å². The molecule has 0 radical (unpaired) electrons. The standard InChI is InChI=1S/C16H34N2/c1-5-7-16-9-12-18(13-10-16)15(4)8-6-11-17-14(2)3/h14-17H,5-13H2,1-4H3. The predicted octanol–water partition coefficient (Wildman–Crippen LogP) is 3.67. The van der Waals surface area contributed by atoms with E-state index in [1.165, 1.54) is 58.2 Å². The quantitative estimate of drug-likeness (QED) is 0.665. The molecule has 1 N–H and O–H groups in total. The Morgan fingerprint density at radius 2 is 1.83 bits per heavy atom. The largest absolute Gasteiger partial charge is 0.315 e. The molecule has 0 aliphatic carbocycles. The van der Waals surface area contributed by atoms with Gasteiger partial charge in [-0.1, -0.05) is 33.6 Å². The summed E-state index contributed by atoms with van der Waals surface area (Å²) in [5, 5.41) is 3.51. The van der Waals surface area contributed by atoms with Crippen molar-refractivity contribution in [1.29, 1.82) is 0 Å². The van der Waals surface area contributed by atoms with E-state index in [-0.39, 0.29) is 0 Å². The zero-order chi connectivity index (χ0) is 13.4. The molecule has 1 fully saturated rings. The minimum Gasteiger partial charge on any atom is -0.315 e. The van der Waals surface area contributed by atoms with Crippen molar-refractivity contribution in [3.05, 3.63) is 0 Å². The second kappa shape index (κ2) is 8.92. The Morgan fingerprint density at radius 1 is 1.17 bits per heavy atom. The summed E-state index contributed by atoms with van der Waals surface area (Å²) < 4.78 is 0. The molecule has 1 saturated heterocycles. The van der Waals surface area contributed by atoms with Gasteiger partial charge in [0, 0.05) is 12.1 Å². The molecule has 1 heterocycles. The average molecular weight is 254 g/mol. The Hall–Kier alpha value is -0.0800. The smallest absolute Gasteiger partial charge is 0.00674 e. The van der Waals surface area contributed by atoms with Crippen LogP contribution in [-0.2, 0) is 0 Å². The molecule has 1 unspecified atom stereocenters. The summed E-state index contributed by atoms with van der Waals surface area (Å²) in [4.78, 5) is 2.71. The fourth-order valence-corrected chi connectivity index (χ4v) is 3.06. The summed E-state index contributed by atoms with van der Waals surface area (Å²) in [7, 11) is 0. The van der Waals surface area contributed by atoms with Crippen molar-refractivity contribution in [2.75, 3.05) is 19.6 Å².